The Bertz CT molecular complexity index is 667. The fourth-order valence-corrected chi connectivity index (χ4v) is 3.08. The minimum absolute atomic E-state index is 0.195. The number of fused-ring (bicyclic) bond motifs is 1. The lowest BCUT2D eigenvalue weighted by Crippen LogP contribution is -2.13. The summed E-state index contributed by atoms with van der Waals surface area (Å²) in [5, 5.41) is 0. The predicted octanol–water partition coefficient (Wildman–Crippen LogP) is 5.39. The first-order chi connectivity index (χ1) is 9.47. The Morgan fingerprint density at radius 1 is 0.900 bits per heavy atom. The molecule has 0 radical (unpaired) electrons. The summed E-state index contributed by atoms with van der Waals surface area (Å²) in [6.07, 6.45) is 3.47. The van der Waals surface area contributed by atoms with Crippen molar-refractivity contribution in [1.82, 2.24) is 0 Å². The molecule has 1 aliphatic rings. The van der Waals surface area contributed by atoms with Crippen molar-refractivity contribution >= 4 is 11.6 Å². The number of benzene rings is 2. The molecule has 3 rings (SSSR count). The molecule has 0 aliphatic heterocycles. The van der Waals surface area contributed by atoms with Crippen LogP contribution in [0.2, 0.25) is 0 Å². The Morgan fingerprint density at radius 3 is 2.25 bits per heavy atom. The molecule has 0 N–H and O–H groups in total. The second kappa shape index (κ2) is 4.63. The van der Waals surface area contributed by atoms with Gasteiger partial charge in [0.2, 0.25) is 0 Å². The van der Waals surface area contributed by atoms with Crippen molar-refractivity contribution in [2.24, 2.45) is 0 Å². The fourth-order valence-electron chi connectivity index (χ4n) is 3.08. The molecule has 0 heterocycles. The molecule has 0 bridgehead atoms. The molecule has 2 aromatic carbocycles. The largest absolute Gasteiger partial charge is 0.0622 e. The third kappa shape index (κ3) is 2.20. The van der Waals surface area contributed by atoms with Gasteiger partial charge in [-0.05, 0) is 52.1 Å². The molecule has 0 unspecified atom stereocenters. The third-order valence-electron chi connectivity index (χ3n) is 4.23. The van der Waals surface area contributed by atoms with Crippen molar-refractivity contribution in [3.05, 3.63) is 70.3 Å². The minimum Gasteiger partial charge on any atom is -0.0622 e. The normalized spacial score (nSPS) is 14.1. The monoisotopic (exact) mass is 262 g/mol. The lowest BCUT2D eigenvalue weighted by atomic mass is 9.82. The van der Waals surface area contributed by atoms with Crippen molar-refractivity contribution in [3.63, 3.8) is 0 Å². The Balaban J connectivity index is 2.13. The average Bonchev–Trinajstić information content (AvgIpc) is 2.84. The van der Waals surface area contributed by atoms with E-state index in [1.54, 1.807) is 0 Å². The van der Waals surface area contributed by atoms with Crippen LogP contribution in [-0.4, -0.2) is 0 Å². The van der Waals surface area contributed by atoms with E-state index in [-0.39, 0.29) is 5.41 Å². The van der Waals surface area contributed by atoms with Crippen LogP contribution in [0.3, 0.4) is 0 Å². The summed E-state index contributed by atoms with van der Waals surface area (Å²) in [6.45, 7) is 9.12. The van der Waals surface area contributed by atoms with Crippen molar-refractivity contribution < 1.29 is 0 Å². The zero-order chi connectivity index (χ0) is 14.3. The summed E-state index contributed by atoms with van der Waals surface area (Å²) in [4.78, 5) is 0. The predicted molar refractivity (Wildman–Crippen MR) is 87.9 cm³/mol. The van der Waals surface area contributed by atoms with Crippen molar-refractivity contribution in [1.29, 1.82) is 0 Å². The van der Waals surface area contributed by atoms with Crippen LogP contribution in [0.5, 0.6) is 0 Å². The second-order valence-electron chi connectivity index (χ2n) is 6.78. The SMILES string of the molecule is Cc1ccc(C(C)(C)C)c2c1CC(c1ccccc1)=C2. The molecule has 0 saturated heterocycles. The summed E-state index contributed by atoms with van der Waals surface area (Å²) >= 11 is 0. The molecule has 0 saturated carbocycles. The van der Waals surface area contributed by atoms with Gasteiger partial charge in [-0.3, -0.25) is 0 Å². The van der Waals surface area contributed by atoms with Gasteiger partial charge in [-0.2, -0.15) is 0 Å². The summed E-state index contributed by atoms with van der Waals surface area (Å²) in [6, 6.07) is 15.3. The van der Waals surface area contributed by atoms with E-state index in [0.29, 0.717) is 0 Å². The molecule has 0 aromatic heterocycles. The van der Waals surface area contributed by atoms with E-state index < -0.39 is 0 Å². The summed E-state index contributed by atoms with van der Waals surface area (Å²) in [5.74, 6) is 0. The summed E-state index contributed by atoms with van der Waals surface area (Å²) in [5.41, 5.74) is 8.83. The van der Waals surface area contributed by atoms with Crippen LogP contribution in [0, 0.1) is 6.92 Å². The van der Waals surface area contributed by atoms with E-state index in [4.69, 9.17) is 0 Å². The first-order valence-corrected chi connectivity index (χ1v) is 7.36. The zero-order valence-electron chi connectivity index (χ0n) is 12.8. The van der Waals surface area contributed by atoms with E-state index in [1.807, 2.05) is 0 Å². The van der Waals surface area contributed by atoms with Gasteiger partial charge in [-0.15, -0.1) is 0 Å². The highest BCUT2D eigenvalue weighted by molar-refractivity contribution is 5.90. The van der Waals surface area contributed by atoms with Crippen molar-refractivity contribution in [3.8, 4) is 0 Å². The van der Waals surface area contributed by atoms with Crippen molar-refractivity contribution in [2.45, 2.75) is 39.5 Å². The molecular weight excluding hydrogens is 240 g/mol. The zero-order valence-corrected chi connectivity index (χ0v) is 12.8. The lowest BCUT2D eigenvalue weighted by molar-refractivity contribution is 0.588. The highest BCUT2D eigenvalue weighted by Gasteiger charge is 2.24. The molecule has 0 fully saturated rings. The van der Waals surface area contributed by atoms with Gasteiger partial charge in [0.05, 0.1) is 0 Å². The molecule has 20 heavy (non-hydrogen) atoms. The molecule has 0 spiro atoms. The van der Waals surface area contributed by atoms with Crippen LogP contribution in [0.15, 0.2) is 42.5 Å². The Hall–Kier alpha value is -1.82. The smallest absolute Gasteiger partial charge is 0.00109 e. The summed E-state index contributed by atoms with van der Waals surface area (Å²) < 4.78 is 0. The van der Waals surface area contributed by atoms with Gasteiger partial charge in [-0.25, -0.2) is 0 Å². The van der Waals surface area contributed by atoms with Crippen LogP contribution in [0.4, 0.5) is 0 Å². The van der Waals surface area contributed by atoms with Crippen molar-refractivity contribution in [2.75, 3.05) is 0 Å². The third-order valence-corrected chi connectivity index (χ3v) is 4.23. The number of hydrogen-bond acceptors (Lipinski definition) is 0. The molecule has 1 aliphatic carbocycles. The summed E-state index contributed by atoms with van der Waals surface area (Å²) in [7, 11) is 0. The maximum Gasteiger partial charge on any atom is -0.00109 e. The van der Waals surface area contributed by atoms with Gasteiger partial charge in [0.1, 0.15) is 0 Å². The first kappa shape index (κ1) is 13.2. The second-order valence-corrected chi connectivity index (χ2v) is 6.78. The molecule has 0 atom stereocenters. The number of aryl methyl sites for hydroxylation is 1. The Labute approximate surface area is 122 Å². The van der Waals surface area contributed by atoms with E-state index in [9.17, 15) is 0 Å². The lowest BCUT2D eigenvalue weighted by Gasteiger charge is -2.23. The van der Waals surface area contributed by atoms with E-state index >= 15 is 0 Å². The maximum absolute atomic E-state index is 2.40. The molecule has 2 aromatic rings. The van der Waals surface area contributed by atoms with E-state index in [2.05, 4.69) is 76.2 Å². The molecule has 0 amide bonds. The highest BCUT2D eigenvalue weighted by atomic mass is 14.3. The molecule has 0 nitrogen and oxygen atoms in total. The molecular formula is C20H22. The van der Waals surface area contributed by atoms with E-state index in [0.717, 1.165) is 6.42 Å². The van der Waals surface area contributed by atoms with Gasteiger partial charge in [0.15, 0.2) is 0 Å². The fraction of sp³-hybridized carbons (Fsp3) is 0.300. The minimum atomic E-state index is 0.195. The van der Waals surface area contributed by atoms with Crippen LogP contribution in [-0.2, 0) is 11.8 Å². The number of hydrogen-bond donors (Lipinski definition) is 0. The number of allylic oxidation sites excluding steroid dienone is 1. The first-order valence-electron chi connectivity index (χ1n) is 7.36. The van der Waals surface area contributed by atoms with Gasteiger partial charge in [-0.1, -0.05) is 69.3 Å². The standard InChI is InChI=1S/C20H22/c1-14-10-11-19(20(2,3)4)18-13-16(12-17(14)18)15-8-6-5-7-9-15/h5-11,13H,12H2,1-4H3. The average molecular weight is 262 g/mol. The Kier molecular flexibility index (Phi) is 3.05. The topological polar surface area (TPSA) is 0 Å². The highest BCUT2D eigenvalue weighted by Crippen LogP contribution is 2.39. The number of rotatable bonds is 1. The van der Waals surface area contributed by atoms with Gasteiger partial charge >= 0.3 is 0 Å². The van der Waals surface area contributed by atoms with Gasteiger partial charge in [0.25, 0.3) is 0 Å². The van der Waals surface area contributed by atoms with Crippen LogP contribution in [0.25, 0.3) is 11.6 Å². The molecule has 0 heteroatoms. The quantitative estimate of drug-likeness (QED) is 0.646. The Morgan fingerprint density at radius 2 is 1.60 bits per heavy atom. The van der Waals surface area contributed by atoms with Gasteiger partial charge in [0, 0.05) is 0 Å². The van der Waals surface area contributed by atoms with Crippen LogP contribution >= 0.6 is 0 Å². The van der Waals surface area contributed by atoms with E-state index in [1.165, 1.54) is 33.4 Å². The van der Waals surface area contributed by atoms with Crippen LogP contribution < -0.4 is 0 Å². The van der Waals surface area contributed by atoms with Crippen LogP contribution in [0.1, 0.15) is 48.6 Å². The maximum atomic E-state index is 2.40. The van der Waals surface area contributed by atoms with Gasteiger partial charge < -0.3 is 0 Å². The molecule has 102 valence electrons.